The Morgan fingerprint density at radius 3 is 2.08 bits per heavy atom. The molecule has 0 saturated heterocycles. The molecule has 0 aliphatic carbocycles. The molecule has 0 heterocycles. The highest BCUT2D eigenvalue weighted by Gasteiger charge is 1.85. The van der Waals surface area contributed by atoms with Crippen molar-refractivity contribution in [2.45, 2.75) is 6.92 Å². The molecule has 0 aromatic heterocycles. The third kappa shape index (κ3) is 24.1. The van der Waals surface area contributed by atoms with Crippen molar-refractivity contribution in [3.8, 4) is 0 Å². The van der Waals surface area contributed by atoms with Crippen molar-refractivity contribution in [2.24, 2.45) is 0 Å². The van der Waals surface area contributed by atoms with Crippen LogP contribution in [0.25, 0.3) is 0 Å². The molecule has 0 radical (unpaired) electrons. The fourth-order valence-electron chi connectivity index (χ4n) is 0.183. The Balaban J connectivity index is 0. The number of carbonyl (C=O) groups is 2. The third-order valence-corrected chi connectivity index (χ3v) is 0.487. The normalized spacial score (nSPS) is 8.08. The standard InChI is InChI=1S/C6H8O2.CH2O3/c1-3-5-8-6(7)4-2;2-1(3)4/h3-5H,2H2,1H3;(H2,2,3,4). The van der Waals surface area contributed by atoms with Gasteiger partial charge in [-0.3, -0.25) is 0 Å². The summed E-state index contributed by atoms with van der Waals surface area (Å²) in [6.45, 7) is 4.97. The van der Waals surface area contributed by atoms with Crippen LogP contribution in [0.2, 0.25) is 0 Å². The molecule has 0 amide bonds. The van der Waals surface area contributed by atoms with Gasteiger partial charge in [0.25, 0.3) is 0 Å². The first kappa shape index (κ1) is 12.9. The molecule has 0 bridgehead atoms. The number of carboxylic acid groups (broad SMARTS) is 2. The number of allylic oxidation sites excluding steroid dienone is 1. The van der Waals surface area contributed by atoms with Gasteiger partial charge < -0.3 is 14.9 Å². The van der Waals surface area contributed by atoms with Gasteiger partial charge in [-0.15, -0.1) is 0 Å². The van der Waals surface area contributed by atoms with Crippen molar-refractivity contribution in [3.63, 3.8) is 0 Å². The van der Waals surface area contributed by atoms with E-state index >= 15 is 0 Å². The number of hydrogen-bond donors (Lipinski definition) is 2. The molecule has 2 N–H and O–H groups in total. The molecule has 0 aliphatic heterocycles. The van der Waals surface area contributed by atoms with Crippen LogP contribution in [0, 0.1) is 0 Å². The zero-order valence-electron chi connectivity index (χ0n) is 6.56. The third-order valence-electron chi connectivity index (χ3n) is 0.487. The predicted octanol–water partition coefficient (Wildman–Crippen LogP) is 1.47. The maximum absolute atomic E-state index is 10.2. The first-order valence-corrected chi connectivity index (χ1v) is 2.90. The van der Waals surface area contributed by atoms with Crippen molar-refractivity contribution in [2.75, 3.05) is 0 Å². The maximum atomic E-state index is 10.2. The fraction of sp³-hybridized carbons (Fsp3) is 0.143. The molecule has 12 heavy (non-hydrogen) atoms. The fourth-order valence-corrected chi connectivity index (χ4v) is 0.183. The van der Waals surface area contributed by atoms with E-state index < -0.39 is 12.1 Å². The highest BCUT2D eigenvalue weighted by atomic mass is 16.6. The van der Waals surface area contributed by atoms with Gasteiger partial charge in [-0.2, -0.15) is 0 Å². The summed E-state index contributed by atoms with van der Waals surface area (Å²) in [4.78, 5) is 18.7. The van der Waals surface area contributed by atoms with Gasteiger partial charge in [0.2, 0.25) is 0 Å². The van der Waals surface area contributed by atoms with E-state index in [-0.39, 0.29) is 0 Å². The van der Waals surface area contributed by atoms with Crippen molar-refractivity contribution in [1.82, 2.24) is 0 Å². The molecule has 0 aromatic rings. The summed E-state index contributed by atoms with van der Waals surface area (Å²) in [5, 5.41) is 13.9. The average Bonchev–Trinajstić information content (AvgIpc) is 1.99. The summed E-state index contributed by atoms with van der Waals surface area (Å²) in [5.41, 5.74) is 0. The van der Waals surface area contributed by atoms with E-state index in [1.807, 2.05) is 0 Å². The summed E-state index contributed by atoms with van der Waals surface area (Å²) < 4.78 is 4.40. The van der Waals surface area contributed by atoms with Gasteiger partial charge in [0, 0.05) is 6.08 Å². The van der Waals surface area contributed by atoms with Gasteiger partial charge in [0.05, 0.1) is 6.26 Å². The van der Waals surface area contributed by atoms with Gasteiger partial charge in [0.15, 0.2) is 0 Å². The van der Waals surface area contributed by atoms with Crippen LogP contribution in [-0.4, -0.2) is 22.3 Å². The van der Waals surface area contributed by atoms with E-state index in [4.69, 9.17) is 15.0 Å². The SMILES string of the molecule is C=CC(=O)OC=CC.O=C(O)O. The molecule has 0 fully saturated rings. The molecule has 0 unspecified atom stereocenters. The molecule has 0 aliphatic rings. The lowest BCUT2D eigenvalue weighted by atomic mass is 10.6. The van der Waals surface area contributed by atoms with E-state index in [9.17, 15) is 4.79 Å². The van der Waals surface area contributed by atoms with Crippen LogP contribution in [0.1, 0.15) is 6.92 Å². The lowest BCUT2D eigenvalue weighted by Crippen LogP contribution is -1.90. The highest BCUT2D eigenvalue weighted by Crippen LogP contribution is 1.78. The molecular weight excluding hydrogens is 164 g/mol. The number of ether oxygens (including phenoxy) is 1. The Hall–Kier alpha value is -1.78. The highest BCUT2D eigenvalue weighted by molar-refractivity contribution is 5.81. The molecule has 0 spiro atoms. The lowest BCUT2D eigenvalue weighted by Gasteiger charge is -1.86. The second-order valence-electron chi connectivity index (χ2n) is 1.39. The van der Waals surface area contributed by atoms with Crippen molar-refractivity contribution in [3.05, 3.63) is 25.0 Å². The van der Waals surface area contributed by atoms with Gasteiger partial charge in [0.1, 0.15) is 0 Å². The maximum Gasteiger partial charge on any atom is 0.503 e. The lowest BCUT2D eigenvalue weighted by molar-refractivity contribution is -0.132. The molecule has 0 saturated carbocycles. The summed E-state index contributed by atoms with van der Waals surface area (Å²) in [6, 6.07) is 0. The van der Waals surface area contributed by atoms with E-state index in [1.54, 1.807) is 13.0 Å². The average molecular weight is 174 g/mol. The smallest absolute Gasteiger partial charge is 0.450 e. The minimum absolute atomic E-state index is 0.428. The second-order valence-corrected chi connectivity index (χ2v) is 1.39. The zero-order valence-corrected chi connectivity index (χ0v) is 6.56. The Labute approximate surface area is 69.6 Å². The van der Waals surface area contributed by atoms with Crippen molar-refractivity contribution < 1.29 is 24.5 Å². The minimum Gasteiger partial charge on any atom is -0.450 e. The summed E-state index contributed by atoms with van der Waals surface area (Å²) >= 11 is 0. The van der Waals surface area contributed by atoms with Gasteiger partial charge in [-0.1, -0.05) is 12.7 Å². The minimum atomic E-state index is -1.83. The molecule has 0 atom stereocenters. The number of carbonyl (C=O) groups excluding carboxylic acids is 1. The van der Waals surface area contributed by atoms with Crippen LogP contribution in [0.5, 0.6) is 0 Å². The number of hydrogen-bond acceptors (Lipinski definition) is 3. The molecule has 0 rings (SSSR count). The summed E-state index contributed by atoms with van der Waals surface area (Å²) in [7, 11) is 0. The zero-order chi connectivity index (χ0) is 9.98. The van der Waals surface area contributed by atoms with Crippen LogP contribution < -0.4 is 0 Å². The van der Waals surface area contributed by atoms with Crippen LogP contribution in [0.15, 0.2) is 25.0 Å². The van der Waals surface area contributed by atoms with Crippen LogP contribution >= 0.6 is 0 Å². The van der Waals surface area contributed by atoms with Crippen molar-refractivity contribution in [1.29, 1.82) is 0 Å². The van der Waals surface area contributed by atoms with Crippen LogP contribution in [0.3, 0.4) is 0 Å². The van der Waals surface area contributed by atoms with Gasteiger partial charge >= 0.3 is 12.1 Å². The van der Waals surface area contributed by atoms with E-state index in [1.165, 1.54) is 6.26 Å². The Morgan fingerprint density at radius 1 is 1.42 bits per heavy atom. The quantitative estimate of drug-likeness (QED) is 0.376. The van der Waals surface area contributed by atoms with E-state index in [2.05, 4.69) is 11.3 Å². The van der Waals surface area contributed by atoms with Gasteiger partial charge in [-0.05, 0) is 6.92 Å². The van der Waals surface area contributed by atoms with Crippen LogP contribution in [0.4, 0.5) is 4.79 Å². The predicted molar refractivity (Wildman–Crippen MR) is 41.8 cm³/mol. The molecule has 5 heteroatoms. The van der Waals surface area contributed by atoms with Crippen LogP contribution in [-0.2, 0) is 9.53 Å². The Bertz CT molecular complexity index is 178. The van der Waals surface area contributed by atoms with Crippen molar-refractivity contribution >= 4 is 12.1 Å². The largest absolute Gasteiger partial charge is 0.503 e. The first-order chi connectivity index (χ1) is 5.54. The van der Waals surface area contributed by atoms with Gasteiger partial charge in [-0.25, -0.2) is 9.59 Å². The molecule has 5 nitrogen and oxygen atoms in total. The van der Waals surface area contributed by atoms with E-state index in [0.29, 0.717) is 0 Å². The number of rotatable bonds is 2. The Kier molecular flexibility index (Phi) is 9.88. The molecular formula is C7H10O5. The molecule has 68 valence electrons. The monoisotopic (exact) mass is 174 g/mol. The summed E-state index contributed by atoms with van der Waals surface area (Å²) in [6.07, 6.45) is 2.21. The molecule has 0 aromatic carbocycles. The number of esters is 1. The second kappa shape index (κ2) is 9.22. The Morgan fingerprint density at radius 2 is 1.83 bits per heavy atom. The topological polar surface area (TPSA) is 83.8 Å². The summed E-state index contributed by atoms with van der Waals surface area (Å²) in [5.74, 6) is -0.428. The first-order valence-electron chi connectivity index (χ1n) is 2.90. The van der Waals surface area contributed by atoms with E-state index in [0.717, 1.165) is 6.08 Å².